The molecule has 0 aliphatic heterocycles. The standard InChI is InChI=1S/C23H23N3O3/c1-3-29-23(28)19-10-6-7-11-20(19)26-22(27)17-12-13-24-21(14-17)25-15-18-9-5-4-8-16(18)2/h4-14H,3,15H2,1-2H3,(H,24,25)(H,26,27). The van der Waals surface area contributed by atoms with Gasteiger partial charge >= 0.3 is 5.97 Å². The van der Waals surface area contributed by atoms with E-state index in [1.165, 1.54) is 5.56 Å². The van der Waals surface area contributed by atoms with Gasteiger partial charge in [-0.2, -0.15) is 0 Å². The molecule has 0 saturated heterocycles. The Morgan fingerprint density at radius 1 is 1.03 bits per heavy atom. The summed E-state index contributed by atoms with van der Waals surface area (Å²) in [7, 11) is 0. The fourth-order valence-electron chi connectivity index (χ4n) is 2.84. The fraction of sp³-hybridized carbons (Fsp3) is 0.174. The summed E-state index contributed by atoms with van der Waals surface area (Å²) in [5.74, 6) is -0.207. The van der Waals surface area contributed by atoms with Crippen molar-refractivity contribution in [2.45, 2.75) is 20.4 Å². The predicted molar refractivity (Wildman–Crippen MR) is 113 cm³/mol. The van der Waals surface area contributed by atoms with Crippen LogP contribution in [-0.2, 0) is 11.3 Å². The van der Waals surface area contributed by atoms with Gasteiger partial charge in [-0.15, -0.1) is 0 Å². The van der Waals surface area contributed by atoms with Gasteiger partial charge in [0.1, 0.15) is 5.82 Å². The number of nitrogens with one attached hydrogen (secondary N) is 2. The molecule has 2 aromatic carbocycles. The molecule has 3 aromatic rings. The van der Waals surface area contributed by atoms with Crippen LogP contribution in [-0.4, -0.2) is 23.5 Å². The molecule has 1 aromatic heterocycles. The van der Waals surface area contributed by atoms with Crippen LogP contribution in [0.25, 0.3) is 0 Å². The van der Waals surface area contributed by atoms with Gasteiger partial charge in [0.15, 0.2) is 0 Å². The molecule has 6 heteroatoms. The second-order valence-electron chi connectivity index (χ2n) is 6.43. The highest BCUT2D eigenvalue weighted by atomic mass is 16.5. The molecule has 0 unspecified atom stereocenters. The minimum atomic E-state index is -0.473. The van der Waals surface area contributed by atoms with Crippen molar-refractivity contribution in [3.63, 3.8) is 0 Å². The fourth-order valence-corrected chi connectivity index (χ4v) is 2.84. The van der Waals surface area contributed by atoms with Crippen molar-refractivity contribution in [2.24, 2.45) is 0 Å². The lowest BCUT2D eigenvalue weighted by atomic mass is 10.1. The van der Waals surface area contributed by atoms with Crippen LogP contribution in [0.3, 0.4) is 0 Å². The summed E-state index contributed by atoms with van der Waals surface area (Å²) in [5.41, 5.74) is 3.50. The Kier molecular flexibility index (Phi) is 6.58. The number of aryl methyl sites for hydroxylation is 1. The average molecular weight is 389 g/mol. The molecular formula is C23H23N3O3. The molecule has 0 aliphatic rings. The van der Waals surface area contributed by atoms with Crippen molar-refractivity contribution in [1.82, 2.24) is 4.98 Å². The highest BCUT2D eigenvalue weighted by Crippen LogP contribution is 2.18. The van der Waals surface area contributed by atoms with E-state index >= 15 is 0 Å². The van der Waals surface area contributed by atoms with Crippen LogP contribution < -0.4 is 10.6 Å². The zero-order chi connectivity index (χ0) is 20.6. The van der Waals surface area contributed by atoms with E-state index in [9.17, 15) is 9.59 Å². The van der Waals surface area contributed by atoms with E-state index in [4.69, 9.17) is 4.74 Å². The quantitative estimate of drug-likeness (QED) is 0.584. The number of anilines is 2. The van der Waals surface area contributed by atoms with Crippen molar-refractivity contribution in [3.8, 4) is 0 Å². The summed E-state index contributed by atoms with van der Waals surface area (Å²) in [4.78, 5) is 29.1. The Morgan fingerprint density at radius 2 is 1.79 bits per heavy atom. The predicted octanol–water partition coefficient (Wildman–Crippen LogP) is 4.43. The molecule has 0 saturated carbocycles. The minimum Gasteiger partial charge on any atom is -0.462 e. The maximum absolute atomic E-state index is 12.7. The summed E-state index contributed by atoms with van der Waals surface area (Å²) < 4.78 is 5.05. The summed E-state index contributed by atoms with van der Waals surface area (Å²) >= 11 is 0. The molecule has 29 heavy (non-hydrogen) atoms. The maximum atomic E-state index is 12.7. The zero-order valence-corrected chi connectivity index (χ0v) is 16.4. The number of aromatic nitrogens is 1. The van der Waals surface area contributed by atoms with Crippen LogP contribution in [0.15, 0.2) is 66.9 Å². The first kappa shape index (κ1) is 20.1. The van der Waals surface area contributed by atoms with Crippen molar-refractivity contribution < 1.29 is 14.3 Å². The van der Waals surface area contributed by atoms with Crippen LogP contribution in [0.5, 0.6) is 0 Å². The average Bonchev–Trinajstić information content (AvgIpc) is 2.74. The van der Waals surface area contributed by atoms with E-state index in [0.717, 1.165) is 5.56 Å². The number of pyridine rings is 1. The minimum absolute atomic E-state index is 0.265. The second-order valence-corrected chi connectivity index (χ2v) is 6.43. The lowest BCUT2D eigenvalue weighted by Gasteiger charge is -2.12. The first-order valence-electron chi connectivity index (χ1n) is 9.40. The van der Waals surface area contributed by atoms with E-state index in [0.29, 0.717) is 29.2 Å². The van der Waals surface area contributed by atoms with Crippen LogP contribution in [0.2, 0.25) is 0 Å². The van der Waals surface area contributed by atoms with Crippen molar-refractivity contribution in [2.75, 3.05) is 17.2 Å². The number of benzene rings is 2. The van der Waals surface area contributed by atoms with Gasteiger partial charge in [0, 0.05) is 18.3 Å². The molecule has 6 nitrogen and oxygen atoms in total. The zero-order valence-electron chi connectivity index (χ0n) is 16.4. The third kappa shape index (κ3) is 5.19. The number of hydrogen-bond acceptors (Lipinski definition) is 5. The highest BCUT2D eigenvalue weighted by molar-refractivity contribution is 6.08. The molecule has 1 heterocycles. The Balaban J connectivity index is 1.72. The molecule has 0 radical (unpaired) electrons. The number of para-hydroxylation sites is 1. The number of rotatable bonds is 7. The van der Waals surface area contributed by atoms with Crippen LogP contribution in [0.4, 0.5) is 11.5 Å². The molecule has 0 atom stereocenters. The number of ether oxygens (including phenoxy) is 1. The third-order valence-corrected chi connectivity index (χ3v) is 4.41. The van der Waals surface area contributed by atoms with E-state index in [1.54, 1.807) is 49.5 Å². The van der Waals surface area contributed by atoms with Crippen molar-refractivity contribution in [3.05, 3.63) is 89.1 Å². The van der Waals surface area contributed by atoms with E-state index in [-0.39, 0.29) is 12.5 Å². The lowest BCUT2D eigenvalue weighted by molar-refractivity contribution is 0.0527. The molecule has 148 valence electrons. The SMILES string of the molecule is CCOC(=O)c1ccccc1NC(=O)c1ccnc(NCc2ccccc2C)c1. The van der Waals surface area contributed by atoms with Gasteiger partial charge in [-0.3, -0.25) is 4.79 Å². The number of amides is 1. The number of carbonyl (C=O) groups excluding carboxylic acids is 2. The number of esters is 1. The summed E-state index contributed by atoms with van der Waals surface area (Å²) in [6.45, 7) is 4.66. The Labute approximate surface area is 169 Å². The Hall–Kier alpha value is -3.67. The third-order valence-electron chi connectivity index (χ3n) is 4.41. The molecule has 0 aliphatic carbocycles. The Bertz CT molecular complexity index is 1020. The largest absolute Gasteiger partial charge is 0.462 e. The number of hydrogen-bond donors (Lipinski definition) is 2. The van der Waals surface area contributed by atoms with Gasteiger partial charge in [0.2, 0.25) is 0 Å². The normalized spacial score (nSPS) is 10.3. The summed E-state index contributed by atoms with van der Waals surface area (Å²) in [6.07, 6.45) is 1.58. The lowest BCUT2D eigenvalue weighted by Crippen LogP contribution is -2.16. The molecule has 1 amide bonds. The molecular weight excluding hydrogens is 366 g/mol. The first-order valence-corrected chi connectivity index (χ1v) is 9.40. The first-order chi connectivity index (χ1) is 14.1. The van der Waals surface area contributed by atoms with Gasteiger partial charge in [-0.25, -0.2) is 9.78 Å². The van der Waals surface area contributed by atoms with Crippen LogP contribution >= 0.6 is 0 Å². The topological polar surface area (TPSA) is 80.3 Å². The van der Waals surface area contributed by atoms with Crippen molar-refractivity contribution >= 4 is 23.4 Å². The smallest absolute Gasteiger partial charge is 0.340 e. The summed E-state index contributed by atoms with van der Waals surface area (Å²) in [6, 6.07) is 18.2. The number of nitrogens with zero attached hydrogens (tertiary/aromatic N) is 1. The van der Waals surface area contributed by atoms with Crippen molar-refractivity contribution in [1.29, 1.82) is 0 Å². The van der Waals surface area contributed by atoms with Crippen LogP contribution in [0, 0.1) is 6.92 Å². The maximum Gasteiger partial charge on any atom is 0.340 e. The van der Waals surface area contributed by atoms with E-state index in [2.05, 4.69) is 28.6 Å². The van der Waals surface area contributed by atoms with Gasteiger partial charge < -0.3 is 15.4 Å². The highest BCUT2D eigenvalue weighted by Gasteiger charge is 2.15. The van der Waals surface area contributed by atoms with Crippen LogP contribution in [0.1, 0.15) is 38.8 Å². The Morgan fingerprint density at radius 3 is 2.59 bits per heavy atom. The van der Waals surface area contributed by atoms with Gasteiger partial charge in [0.25, 0.3) is 5.91 Å². The van der Waals surface area contributed by atoms with E-state index < -0.39 is 5.97 Å². The molecule has 0 bridgehead atoms. The summed E-state index contributed by atoms with van der Waals surface area (Å²) in [5, 5.41) is 6.02. The second kappa shape index (κ2) is 9.50. The molecule has 2 N–H and O–H groups in total. The van der Waals surface area contributed by atoms with Gasteiger partial charge in [0.05, 0.1) is 17.9 Å². The molecule has 0 spiro atoms. The molecule has 0 fully saturated rings. The monoisotopic (exact) mass is 389 g/mol. The van der Waals surface area contributed by atoms with Gasteiger partial charge in [-0.05, 0) is 49.2 Å². The molecule has 3 rings (SSSR count). The number of carbonyl (C=O) groups is 2. The van der Waals surface area contributed by atoms with E-state index in [1.807, 2.05) is 18.2 Å². The van der Waals surface area contributed by atoms with Gasteiger partial charge in [-0.1, -0.05) is 36.4 Å².